The second kappa shape index (κ2) is 5.13. The van der Waals surface area contributed by atoms with Crippen molar-refractivity contribution in [2.45, 2.75) is 38.8 Å². The minimum Gasteiger partial charge on any atom is -0.309 e. The minimum atomic E-state index is 0.540. The Morgan fingerprint density at radius 3 is 2.93 bits per heavy atom. The smallest absolute Gasteiger partial charge is 0.0208 e. The molecule has 0 radical (unpaired) electrons. The van der Waals surface area contributed by atoms with Gasteiger partial charge in [-0.05, 0) is 42.9 Å². The minimum absolute atomic E-state index is 0.540. The van der Waals surface area contributed by atoms with Gasteiger partial charge in [-0.15, -0.1) is 0 Å². The van der Waals surface area contributed by atoms with E-state index in [1.807, 2.05) is 0 Å². The summed E-state index contributed by atoms with van der Waals surface area (Å²) in [5.74, 6) is 0. The zero-order valence-electron chi connectivity index (χ0n) is 9.22. The molecule has 1 unspecified atom stereocenters. The zero-order valence-corrected chi connectivity index (χ0v) is 10.8. The number of hydrogen-bond acceptors (Lipinski definition) is 1. The number of alkyl halides is 1. The molecule has 1 aliphatic rings. The third-order valence-corrected chi connectivity index (χ3v) is 4.02. The Balaban J connectivity index is 1.98. The standard InChI is InChI=1S/C13H18BrN/c1-10(8-14)15-9-11-5-6-12-3-2-4-13(12)7-11/h5-7,10,15H,2-4,8-9H2,1H3. The number of fused-ring (bicyclic) bond motifs is 1. The van der Waals surface area contributed by atoms with Crippen molar-refractivity contribution < 1.29 is 0 Å². The van der Waals surface area contributed by atoms with Crippen molar-refractivity contribution in [2.24, 2.45) is 0 Å². The van der Waals surface area contributed by atoms with Gasteiger partial charge >= 0.3 is 0 Å². The average molecular weight is 268 g/mol. The highest BCUT2D eigenvalue weighted by Gasteiger charge is 2.10. The van der Waals surface area contributed by atoms with Gasteiger partial charge in [0, 0.05) is 17.9 Å². The molecule has 0 bridgehead atoms. The maximum absolute atomic E-state index is 3.49. The zero-order chi connectivity index (χ0) is 10.7. The molecule has 1 aliphatic carbocycles. The predicted octanol–water partition coefficient (Wildman–Crippen LogP) is 3.05. The van der Waals surface area contributed by atoms with Crippen molar-refractivity contribution in [1.82, 2.24) is 5.32 Å². The molecule has 0 heterocycles. The molecule has 82 valence electrons. The van der Waals surface area contributed by atoms with Crippen molar-refractivity contribution in [1.29, 1.82) is 0 Å². The van der Waals surface area contributed by atoms with Crippen molar-refractivity contribution >= 4 is 15.9 Å². The third-order valence-electron chi connectivity index (χ3n) is 3.05. The van der Waals surface area contributed by atoms with Gasteiger partial charge < -0.3 is 5.32 Å². The van der Waals surface area contributed by atoms with E-state index in [1.165, 1.54) is 24.8 Å². The topological polar surface area (TPSA) is 12.0 Å². The van der Waals surface area contributed by atoms with E-state index in [4.69, 9.17) is 0 Å². The lowest BCUT2D eigenvalue weighted by Crippen LogP contribution is -2.26. The molecular weight excluding hydrogens is 250 g/mol. The lowest BCUT2D eigenvalue weighted by molar-refractivity contribution is 0.598. The molecule has 1 atom stereocenters. The van der Waals surface area contributed by atoms with Crippen LogP contribution in [-0.4, -0.2) is 11.4 Å². The maximum Gasteiger partial charge on any atom is 0.0208 e. The van der Waals surface area contributed by atoms with E-state index in [2.05, 4.69) is 46.4 Å². The van der Waals surface area contributed by atoms with Crippen LogP contribution in [0.5, 0.6) is 0 Å². The second-order valence-electron chi connectivity index (χ2n) is 4.39. The van der Waals surface area contributed by atoms with Gasteiger partial charge in [0.1, 0.15) is 0 Å². The molecule has 1 aromatic carbocycles. The summed E-state index contributed by atoms with van der Waals surface area (Å²) in [4.78, 5) is 0. The van der Waals surface area contributed by atoms with Crippen LogP contribution in [0.1, 0.15) is 30.0 Å². The highest BCUT2D eigenvalue weighted by Crippen LogP contribution is 2.22. The van der Waals surface area contributed by atoms with Gasteiger partial charge in [0.25, 0.3) is 0 Å². The molecule has 0 aliphatic heterocycles. The fraction of sp³-hybridized carbons (Fsp3) is 0.538. The van der Waals surface area contributed by atoms with E-state index < -0.39 is 0 Å². The molecule has 0 fully saturated rings. The quantitative estimate of drug-likeness (QED) is 0.828. The highest BCUT2D eigenvalue weighted by molar-refractivity contribution is 9.09. The average Bonchev–Trinajstić information content (AvgIpc) is 2.72. The summed E-state index contributed by atoms with van der Waals surface area (Å²) in [6.45, 7) is 3.18. The highest BCUT2D eigenvalue weighted by atomic mass is 79.9. The molecule has 1 nitrogen and oxygen atoms in total. The van der Waals surface area contributed by atoms with Gasteiger partial charge in [-0.2, -0.15) is 0 Å². The van der Waals surface area contributed by atoms with Crippen molar-refractivity contribution in [3.63, 3.8) is 0 Å². The molecule has 0 spiro atoms. The summed E-state index contributed by atoms with van der Waals surface area (Å²) in [7, 11) is 0. The number of rotatable bonds is 4. The van der Waals surface area contributed by atoms with Gasteiger partial charge in [0.2, 0.25) is 0 Å². The summed E-state index contributed by atoms with van der Waals surface area (Å²) in [6, 6.07) is 7.48. The Bertz CT molecular complexity index is 335. The van der Waals surface area contributed by atoms with Crippen LogP contribution in [0.3, 0.4) is 0 Å². The molecule has 15 heavy (non-hydrogen) atoms. The summed E-state index contributed by atoms with van der Waals surface area (Å²) < 4.78 is 0. The summed E-state index contributed by atoms with van der Waals surface area (Å²) in [5.41, 5.74) is 4.55. The molecule has 0 amide bonds. The largest absolute Gasteiger partial charge is 0.309 e. The molecule has 2 heteroatoms. The normalized spacial score (nSPS) is 16.4. The van der Waals surface area contributed by atoms with Crippen LogP contribution < -0.4 is 5.32 Å². The first-order chi connectivity index (χ1) is 7.29. The lowest BCUT2D eigenvalue weighted by Gasteiger charge is -2.11. The van der Waals surface area contributed by atoms with E-state index in [0.29, 0.717) is 6.04 Å². The van der Waals surface area contributed by atoms with Gasteiger partial charge in [-0.25, -0.2) is 0 Å². The Morgan fingerprint density at radius 1 is 1.33 bits per heavy atom. The molecule has 1 aromatic rings. The first-order valence-corrected chi connectivity index (χ1v) is 6.82. The van der Waals surface area contributed by atoms with Crippen LogP contribution >= 0.6 is 15.9 Å². The van der Waals surface area contributed by atoms with Gasteiger partial charge in [-0.3, -0.25) is 0 Å². The Kier molecular flexibility index (Phi) is 3.81. The van der Waals surface area contributed by atoms with Crippen LogP contribution in [-0.2, 0) is 19.4 Å². The summed E-state index contributed by atoms with van der Waals surface area (Å²) in [5, 5.41) is 4.50. The molecule has 0 saturated carbocycles. The Morgan fingerprint density at radius 2 is 2.13 bits per heavy atom. The monoisotopic (exact) mass is 267 g/mol. The van der Waals surface area contributed by atoms with E-state index in [1.54, 1.807) is 11.1 Å². The van der Waals surface area contributed by atoms with Crippen molar-refractivity contribution in [2.75, 3.05) is 5.33 Å². The summed E-state index contributed by atoms with van der Waals surface area (Å²) in [6.07, 6.45) is 3.89. The van der Waals surface area contributed by atoms with Crippen molar-refractivity contribution in [3.05, 3.63) is 34.9 Å². The van der Waals surface area contributed by atoms with Crippen LogP contribution in [0.25, 0.3) is 0 Å². The fourth-order valence-electron chi connectivity index (χ4n) is 2.08. The Labute approximate surface area is 100 Å². The van der Waals surface area contributed by atoms with Gasteiger partial charge in [-0.1, -0.05) is 34.1 Å². The maximum atomic E-state index is 3.49. The number of nitrogens with one attached hydrogen (secondary N) is 1. The van der Waals surface area contributed by atoms with Crippen molar-refractivity contribution in [3.8, 4) is 0 Å². The van der Waals surface area contributed by atoms with Gasteiger partial charge in [0.15, 0.2) is 0 Å². The van der Waals surface area contributed by atoms with E-state index in [0.717, 1.165) is 11.9 Å². The SMILES string of the molecule is CC(CBr)NCc1ccc2c(c1)CCC2. The lowest BCUT2D eigenvalue weighted by atomic mass is 10.1. The first-order valence-electron chi connectivity index (χ1n) is 5.69. The number of halogens is 1. The van der Waals surface area contributed by atoms with E-state index in [-0.39, 0.29) is 0 Å². The van der Waals surface area contributed by atoms with E-state index in [9.17, 15) is 0 Å². The molecule has 2 rings (SSSR count). The number of benzene rings is 1. The molecular formula is C13H18BrN. The fourth-order valence-corrected chi connectivity index (χ4v) is 2.31. The summed E-state index contributed by atoms with van der Waals surface area (Å²) >= 11 is 3.48. The van der Waals surface area contributed by atoms with Crippen LogP contribution in [0.15, 0.2) is 18.2 Å². The Hall–Kier alpha value is -0.340. The molecule has 0 saturated heterocycles. The first kappa shape index (κ1) is 11.2. The molecule has 1 N–H and O–H groups in total. The molecule has 0 aromatic heterocycles. The number of aryl methyl sites for hydroxylation is 2. The van der Waals surface area contributed by atoms with Crippen LogP contribution in [0, 0.1) is 0 Å². The van der Waals surface area contributed by atoms with Gasteiger partial charge in [0.05, 0.1) is 0 Å². The third kappa shape index (κ3) is 2.82. The van der Waals surface area contributed by atoms with E-state index >= 15 is 0 Å². The van der Waals surface area contributed by atoms with Crippen LogP contribution in [0.2, 0.25) is 0 Å². The van der Waals surface area contributed by atoms with Crippen LogP contribution in [0.4, 0.5) is 0 Å². The second-order valence-corrected chi connectivity index (χ2v) is 5.04. The predicted molar refractivity (Wildman–Crippen MR) is 68.6 cm³/mol. The number of hydrogen-bond donors (Lipinski definition) is 1.